The highest BCUT2D eigenvalue weighted by atomic mass is 15.3. The highest BCUT2D eigenvalue weighted by molar-refractivity contribution is 4.95. The number of quaternary nitrogens is 1. The van der Waals surface area contributed by atoms with Crippen molar-refractivity contribution < 1.29 is 5.73 Å². The zero-order valence-electron chi connectivity index (χ0n) is 5.67. The number of hydrogen-bond donors (Lipinski definition) is 1. The first-order chi connectivity index (χ1) is 4.34. The zero-order chi connectivity index (χ0) is 6.69. The molecule has 0 bridgehead atoms. The molecule has 0 saturated carbocycles. The third-order valence-corrected chi connectivity index (χ3v) is 1.30. The van der Waals surface area contributed by atoms with Crippen LogP contribution in [0.25, 0.3) is 0 Å². The Bertz CT molecular complexity index is 180. The molecular formula is C6H12N3+. The molecule has 0 fully saturated rings. The Kier molecular flexibility index (Phi) is 1.85. The monoisotopic (exact) mass is 126 g/mol. The van der Waals surface area contributed by atoms with Crippen LogP contribution in [-0.4, -0.2) is 16.3 Å². The number of aryl methyl sites for hydroxylation is 1. The van der Waals surface area contributed by atoms with Gasteiger partial charge in [-0.25, -0.2) is 0 Å². The predicted octanol–water partition coefficient (Wildman–Crippen LogP) is -0.567. The van der Waals surface area contributed by atoms with E-state index in [4.69, 9.17) is 0 Å². The average molecular weight is 126 g/mol. The second-order valence-electron chi connectivity index (χ2n) is 2.05. The maximum Gasteiger partial charge on any atom is 0.0939 e. The molecule has 0 aliphatic heterocycles. The second-order valence-corrected chi connectivity index (χ2v) is 2.05. The van der Waals surface area contributed by atoms with Crippen molar-refractivity contribution in [2.24, 2.45) is 0 Å². The molecule has 0 amide bonds. The third-order valence-electron chi connectivity index (χ3n) is 1.30. The zero-order valence-corrected chi connectivity index (χ0v) is 5.67. The van der Waals surface area contributed by atoms with Crippen LogP contribution in [0.4, 0.5) is 0 Å². The van der Waals surface area contributed by atoms with E-state index in [1.165, 1.54) is 5.69 Å². The third kappa shape index (κ3) is 1.29. The van der Waals surface area contributed by atoms with E-state index in [1.807, 2.05) is 23.9 Å². The molecule has 1 aromatic heterocycles. The summed E-state index contributed by atoms with van der Waals surface area (Å²) >= 11 is 0. The predicted molar refractivity (Wildman–Crippen MR) is 34.7 cm³/mol. The SMILES string of the molecule is Cc1ccnn1CC[NH3+]. The fourth-order valence-corrected chi connectivity index (χ4v) is 0.783. The first kappa shape index (κ1) is 6.29. The van der Waals surface area contributed by atoms with E-state index < -0.39 is 0 Å². The van der Waals surface area contributed by atoms with Gasteiger partial charge in [0.15, 0.2) is 0 Å². The molecule has 1 rings (SSSR count). The molecule has 0 atom stereocenters. The standard InChI is InChI=1S/C6H11N3/c1-6-2-4-8-9(6)5-3-7/h2,4H,3,5,7H2,1H3/p+1. The summed E-state index contributed by atoms with van der Waals surface area (Å²) in [7, 11) is 0. The minimum atomic E-state index is 0.905. The van der Waals surface area contributed by atoms with Gasteiger partial charge in [0.25, 0.3) is 0 Å². The second kappa shape index (κ2) is 2.64. The van der Waals surface area contributed by atoms with Crippen molar-refractivity contribution in [1.82, 2.24) is 9.78 Å². The van der Waals surface area contributed by atoms with Gasteiger partial charge in [-0.15, -0.1) is 0 Å². The first-order valence-electron chi connectivity index (χ1n) is 3.12. The fourth-order valence-electron chi connectivity index (χ4n) is 0.783. The number of nitrogens with zero attached hydrogens (tertiary/aromatic N) is 2. The Morgan fingerprint density at radius 2 is 2.56 bits per heavy atom. The molecule has 0 radical (unpaired) electrons. The van der Waals surface area contributed by atoms with Gasteiger partial charge in [-0.05, 0) is 13.0 Å². The summed E-state index contributed by atoms with van der Waals surface area (Å²) in [5.74, 6) is 0. The smallest absolute Gasteiger partial charge is 0.0939 e. The first-order valence-corrected chi connectivity index (χ1v) is 3.12. The van der Waals surface area contributed by atoms with Crippen molar-refractivity contribution in [3.05, 3.63) is 18.0 Å². The molecule has 1 heterocycles. The van der Waals surface area contributed by atoms with Crippen molar-refractivity contribution in [3.63, 3.8) is 0 Å². The van der Waals surface area contributed by atoms with Gasteiger partial charge in [0.1, 0.15) is 0 Å². The lowest BCUT2D eigenvalue weighted by Crippen LogP contribution is -2.52. The van der Waals surface area contributed by atoms with Gasteiger partial charge >= 0.3 is 0 Å². The summed E-state index contributed by atoms with van der Waals surface area (Å²) < 4.78 is 1.95. The van der Waals surface area contributed by atoms with Crippen LogP contribution in [0.15, 0.2) is 12.3 Å². The highest BCUT2D eigenvalue weighted by Crippen LogP contribution is 1.92. The van der Waals surface area contributed by atoms with Crippen LogP contribution < -0.4 is 5.73 Å². The highest BCUT2D eigenvalue weighted by Gasteiger charge is 1.93. The molecular weight excluding hydrogens is 114 g/mol. The van der Waals surface area contributed by atoms with Gasteiger partial charge in [-0.2, -0.15) is 5.10 Å². The number of aromatic nitrogens is 2. The van der Waals surface area contributed by atoms with E-state index in [0.29, 0.717) is 0 Å². The summed E-state index contributed by atoms with van der Waals surface area (Å²) in [5.41, 5.74) is 4.95. The molecule has 0 aliphatic carbocycles. The Hall–Kier alpha value is -0.830. The summed E-state index contributed by atoms with van der Waals surface area (Å²) in [4.78, 5) is 0. The van der Waals surface area contributed by atoms with E-state index >= 15 is 0 Å². The van der Waals surface area contributed by atoms with Gasteiger partial charge < -0.3 is 5.73 Å². The van der Waals surface area contributed by atoms with Crippen LogP contribution in [0.3, 0.4) is 0 Å². The normalized spacial score (nSPS) is 10.0. The van der Waals surface area contributed by atoms with Gasteiger partial charge in [0, 0.05) is 11.9 Å². The molecule has 50 valence electrons. The van der Waals surface area contributed by atoms with Crippen LogP contribution in [0.5, 0.6) is 0 Å². The summed E-state index contributed by atoms with van der Waals surface area (Å²) in [6.07, 6.45) is 1.81. The van der Waals surface area contributed by atoms with E-state index in [1.54, 1.807) is 0 Å². The van der Waals surface area contributed by atoms with E-state index in [0.717, 1.165) is 13.1 Å². The molecule has 3 N–H and O–H groups in total. The van der Waals surface area contributed by atoms with Crippen molar-refractivity contribution >= 4 is 0 Å². The lowest BCUT2D eigenvalue weighted by atomic mass is 10.5. The van der Waals surface area contributed by atoms with Gasteiger partial charge in [0.05, 0.1) is 13.1 Å². The fraction of sp³-hybridized carbons (Fsp3) is 0.500. The minimum absolute atomic E-state index is 0.905. The average Bonchev–Trinajstić information content (AvgIpc) is 2.18. The molecule has 0 unspecified atom stereocenters. The van der Waals surface area contributed by atoms with E-state index in [-0.39, 0.29) is 0 Å². The number of hydrogen-bond acceptors (Lipinski definition) is 1. The molecule has 1 aromatic rings. The Labute approximate surface area is 54.5 Å². The maximum absolute atomic E-state index is 4.08. The molecule has 3 nitrogen and oxygen atoms in total. The Balaban J connectivity index is 2.69. The minimum Gasteiger partial charge on any atom is -0.356 e. The van der Waals surface area contributed by atoms with Gasteiger partial charge in [-0.3, -0.25) is 4.68 Å². The summed E-state index contributed by atoms with van der Waals surface area (Å²) in [6, 6.07) is 2.00. The maximum atomic E-state index is 4.08. The largest absolute Gasteiger partial charge is 0.356 e. The topological polar surface area (TPSA) is 45.5 Å². The van der Waals surface area contributed by atoms with Crippen molar-refractivity contribution in [2.75, 3.05) is 6.54 Å². The lowest BCUT2D eigenvalue weighted by Gasteiger charge is -1.97. The van der Waals surface area contributed by atoms with Crippen LogP contribution in [0, 0.1) is 6.92 Å². The van der Waals surface area contributed by atoms with Crippen LogP contribution >= 0.6 is 0 Å². The summed E-state index contributed by atoms with van der Waals surface area (Å²) in [5, 5.41) is 4.08. The van der Waals surface area contributed by atoms with Gasteiger partial charge in [0.2, 0.25) is 0 Å². The molecule has 0 aliphatic rings. The van der Waals surface area contributed by atoms with Gasteiger partial charge in [-0.1, -0.05) is 0 Å². The van der Waals surface area contributed by atoms with Crippen molar-refractivity contribution in [3.8, 4) is 0 Å². The van der Waals surface area contributed by atoms with E-state index in [2.05, 4.69) is 10.8 Å². The summed E-state index contributed by atoms with van der Waals surface area (Å²) in [6.45, 7) is 3.88. The quantitative estimate of drug-likeness (QED) is 0.567. The Morgan fingerprint density at radius 1 is 1.78 bits per heavy atom. The van der Waals surface area contributed by atoms with Crippen molar-refractivity contribution in [2.45, 2.75) is 13.5 Å². The van der Waals surface area contributed by atoms with Crippen LogP contribution in [-0.2, 0) is 6.54 Å². The Morgan fingerprint density at radius 3 is 3.00 bits per heavy atom. The van der Waals surface area contributed by atoms with Crippen molar-refractivity contribution in [1.29, 1.82) is 0 Å². The molecule has 0 spiro atoms. The molecule has 3 heteroatoms. The van der Waals surface area contributed by atoms with E-state index in [9.17, 15) is 0 Å². The van der Waals surface area contributed by atoms with Crippen LogP contribution in [0.2, 0.25) is 0 Å². The molecule has 0 saturated heterocycles. The molecule has 0 aromatic carbocycles. The molecule has 9 heavy (non-hydrogen) atoms. The van der Waals surface area contributed by atoms with Crippen LogP contribution in [0.1, 0.15) is 5.69 Å². The lowest BCUT2D eigenvalue weighted by molar-refractivity contribution is -0.370. The number of rotatable bonds is 2.